The van der Waals surface area contributed by atoms with Gasteiger partial charge in [0.15, 0.2) is 0 Å². The van der Waals surface area contributed by atoms with Crippen molar-refractivity contribution in [2.75, 3.05) is 25.5 Å². The summed E-state index contributed by atoms with van der Waals surface area (Å²) in [5, 5.41) is 5.29. The number of halogens is 1. The molecule has 0 spiro atoms. The maximum atomic E-state index is 12.5. The summed E-state index contributed by atoms with van der Waals surface area (Å²) < 4.78 is 25.9. The third-order valence-electron chi connectivity index (χ3n) is 3.74. The summed E-state index contributed by atoms with van der Waals surface area (Å²) in [7, 11) is -2.56. The van der Waals surface area contributed by atoms with E-state index in [-0.39, 0.29) is 17.0 Å². The number of carbonyl (C=O) groups is 3. The van der Waals surface area contributed by atoms with Gasteiger partial charge in [0.25, 0.3) is 5.91 Å². The lowest BCUT2D eigenvalue weighted by Crippen LogP contribution is -2.35. The average molecular weight is 439 g/mol. The van der Waals surface area contributed by atoms with Crippen LogP contribution in [0.3, 0.4) is 0 Å². The highest BCUT2D eigenvalue weighted by Gasteiger charge is 2.23. The Bertz CT molecular complexity index is 1010. The van der Waals surface area contributed by atoms with Gasteiger partial charge in [-0.2, -0.15) is 4.31 Å². The molecule has 3 amide bonds. The van der Waals surface area contributed by atoms with Crippen molar-refractivity contribution in [1.82, 2.24) is 9.62 Å². The fourth-order valence-electron chi connectivity index (χ4n) is 2.25. The Kier molecular flexibility index (Phi) is 7.32. The van der Waals surface area contributed by atoms with Crippen molar-refractivity contribution in [2.45, 2.75) is 4.90 Å². The number of primary amides is 1. The zero-order chi connectivity index (χ0) is 21.6. The number of carbonyl (C=O) groups excluding carboxylic acids is 3. The maximum absolute atomic E-state index is 12.5. The van der Waals surface area contributed by atoms with Gasteiger partial charge in [-0.25, -0.2) is 8.42 Å². The summed E-state index contributed by atoms with van der Waals surface area (Å²) in [5.74, 6) is -1.72. The quantitative estimate of drug-likeness (QED) is 0.559. The molecule has 0 aromatic heterocycles. The van der Waals surface area contributed by atoms with Crippen molar-refractivity contribution in [3.63, 3.8) is 0 Å². The first-order valence-electron chi connectivity index (χ1n) is 8.28. The number of sulfonamides is 1. The van der Waals surface area contributed by atoms with Crippen molar-refractivity contribution >= 4 is 45.0 Å². The lowest BCUT2D eigenvalue weighted by Gasteiger charge is -2.17. The van der Waals surface area contributed by atoms with Gasteiger partial charge in [-0.3, -0.25) is 14.4 Å². The molecule has 0 saturated heterocycles. The monoisotopic (exact) mass is 438 g/mol. The summed E-state index contributed by atoms with van der Waals surface area (Å²) in [5.41, 5.74) is 5.60. The molecule has 11 heteroatoms. The molecular formula is C18H19ClN4O5S. The molecule has 0 aliphatic carbocycles. The minimum absolute atomic E-state index is 0.0172. The Hall–Kier alpha value is -2.95. The van der Waals surface area contributed by atoms with Gasteiger partial charge in [-0.1, -0.05) is 11.6 Å². The van der Waals surface area contributed by atoms with E-state index in [4.69, 9.17) is 17.3 Å². The molecule has 0 aliphatic heterocycles. The average Bonchev–Trinajstić information content (AvgIpc) is 2.66. The lowest BCUT2D eigenvalue weighted by atomic mass is 10.2. The molecule has 4 N–H and O–H groups in total. The Morgan fingerprint density at radius 1 is 1.03 bits per heavy atom. The van der Waals surface area contributed by atoms with Gasteiger partial charge in [0, 0.05) is 23.3 Å². The van der Waals surface area contributed by atoms with Crippen LogP contribution in [0, 0.1) is 0 Å². The Morgan fingerprint density at radius 2 is 1.62 bits per heavy atom. The van der Waals surface area contributed by atoms with Gasteiger partial charge in [0.2, 0.25) is 21.8 Å². The summed E-state index contributed by atoms with van der Waals surface area (Å²) in [4.78, 5) is 34.7. The molecule has 154 valence electrons. The van der Waals surface area contributed by atoms with E-state index >= 15 is 0 Å². The number of nitrogens with one attached hydrogen (secondary N) is 2. The molecule has 0 saturated carbocycles. The number of benzene rings is 2. The number of amides is 3. The van der Waals surface area contributed by atoms with Crippen LogP contribution in [-0.4, -0.2) is 50.6 Å². The highest BCUT2D eigenvalue weighted by molar-refractivity contribution is 7.89. The Labute approximate surface area is 172 Å². The fourth-order valence-corrected chi connectivity index (χ4v) is 3.50. The van der Waals surface area contributed by atoms with E-state index < -0.39 is 34.3 Å². The molecule has 2 aromatic carbocycles. The van der Waals surface area contributed by atoms with Gasteiger partial charge in [-0.15, -0.1) is 0 Å². The SMILES string of the molecule is CN(CC(=O)Nc1ccc(C(=O)NCC(N)=O)cc1)S(=O)(=O)c1ccc(Cl)cc1. The Morgan fingerprint density at radius 3 is 2.17 bits per heavy atom. The first kappa shape index (κ1) is 22.3. The minimum Gasteiger partial charge on any atom is -0.368 e. The van der Waals surface area contributed by atoms with Crippen LogP contribution in [0.2, 0.25) is 5.02 Å². The number of nitrogens with zero attached hydrogens (tertiary/aromatic N) is 1. The van der Waals surface area contributed by atoms with E-state index in [1.807, 2.05) is 0 Å². The van der Waals surface area contributed by atoms with Crippen molar-refractivity contribution in [3.8, 4) is 0 Å². The predicted octanol–water partition coefficient (Wildman–Crippen LogP) is 0.814. The van der Waals surface area contributed by atoms with Crippen molar-refractivity contribution in [1.29, 1.82) is 0 Å². The molecule has 0 unspecified atom stereocenters. The minimum atomic E-state index is -3.85. The van der Waals surface area contributed by atoms with Crippen molar-refractivity contribution < 1.29 is 22.8 Å². The summed E-state index contributed by atoms with van der Waals surface area (Å²) in [6, 6.07) is 11.4. The van der Waals surface area contributed by atoms with Crippen molar-refractivity contribution in [2.24, 2.45) is 5.73 Å². The molecule has 0 bridgehead atoms. The van der Waals surface area contributed by atoms with Gasteiger partial charge >= 0.3 is 0 Å². The van der Waals surface area contributed by atoms with E-state index in [2.05, 4.69) is 10.6 Å². The van der Waals surface area contributed by atoms with Crippen molar-refractivity contribution in [3.05, 3.63) is 59.1 Å². The highest BCUT2D eigenvalue weighted by Crippen LogP contribution is 2.17. The molecule has 0 aliphatic rings. The van der Waals surface area contributed by atoms with E-state index in [1.165, 1.54) is 55.6 Å². The largest absolute Gasteiger partial charge is 0.368 e. The topological polar surface area (TPSA) is 139 Å². The van der Waals surface area contributed by atoms with Crippen LogP contribution in [-0.2, 0) is 19.6 Å². The molecule has 0 radical (unpaired) electrons. The molecule has 0 fully saturated rings. The van der Waals surface area contributed by atoms with Gasteiger partial charge < -0.3 is 16.4 Å². The highest BCUT2D eigenvalue weighted by atomic mass is 35.5. The second-order valence-electron chi connectivity index (χ2n) is 5.99. The van der Waals surface area contributed by atoms with Crippen LogP contribution in [0.1, 0.15) is 10.4 Å². The zero-order valence-corrected chi connectivity index (χ0v) is 17.0. The fraction of sp³-hybridized carbons (Fsp3) is 0.167. The van der Waals surface area contributed by atoms with Crippen LogP contribution >= 0.6 is 11.6 Å². The summed E-state index contributed by atoms with van der Waals surface area (Å²) in [6.07, 6.45) is 0. The molecule has 2 aromatic rings. The number of hydrogen-bond donors (Lipinski definition) is 3. The first-order valence-corrected chi connectivity index (χ1v) is 10.1. The van der Waals surface area contributed by atoms with Crippen LogP contribution in [0.5, 0.6) is 0 Å². The third kappa shape index (κ3) is 6.28. The van der Waals surface area contributed by atoms with Crippen LogP contribution in [0.15, 0.2) is 53.4 Å². The van der Waals surface area contributed by atoms with E-state index in [0.29, 0.717) is 10.7 Å². The number of hydrogen-bond acceptors (Lipinski definition) is 5. The Balaban J connectivity index is 1.97. The van der Waals surface area contributed by atoms with Crippen LogP contribution in [0.25, 0.3) is 0 Å². The van der Waals surface area contributed by atoms with E-state index in [9.17, 15) is 22.8 Å². The zero-order valence-electron chi connectivity index (χ0n) is 15.4. The lowest BCUT2D eigenvalue weighted by molar-refractivity contribution is -0.117. The normalized spacial score (nSPS) is 11.1. The molecule has 2 rings (SSSR count). The number of nitrogens with two attached hydrogens (primary N) is 1. The smallest absolute Gasteiger partial charge is 0.251 e. The predicted molar refractivity (Wildman–Crippen MR) is 108 cm³/mol. The third-order valence-corrected chi connectivity index (χ3v) is 5.81. The maximum Gasteiger partial charge on any atom is 0.251 e. The van der Waals surface area contributed by atoms with E-state index in [1.54, 1.807) is 0 Å². The number of anilines is 1. The second-order valence-corrected chi connectivity index (χ2v) is 8.47. The summed E-state index contributed by atoms with van der Waals surface area (Å²) >= 11 is 5.76. The molecule has 0 heterocycles. The van der Waals surface area contributed by atoms with E-state index in [0.717, 1.165) is 4.31 Å². The summed E-state index contributed by atoms with van der Waals surface area (Å²) in [6.45, 7) is -0.697. The van der Waals surface area contributed by atoms with Gasteiger partial charge in [0.05, 0.1) is 18.0 Å². The molecule has 9 nitrogen and oxygen atoms in total. The van der Waals surface area contributed by atoms with Crippen LogP contribution < -0.4 is 16.4 Å². The number of likely N-dealkylation sites (N-methyl/N-ethyl adjacent to an activating group) is 1. The molecule has 0 atom stereocenters. The molecule has 29 heavy (non-hydrogen) atoms. The standard InChI is InChI=1S/C18H19ClN4O5S/c1-23(29(27,28)15-8-4-13(19)5-9-15)11-17(25)22-14-6-2-12(3-7-14)18(26)21-10-16(20)24/h2-9H,10-11H2,1H3,(H2,20,24)(H,21,26)(H,22,25). The van der Waals surface area contributed by atoms with Gasteiger partial charge in [0.1, 0.15) is 0 Å². The van der Waals surface area contributed by atoms with Gasteiger partial charge in [-0.05, 0) is 48.5 Å². The second kappa shape index (κ2) is 9.50. The van der Waals surface area contributed by atoms with Crippen LogP contribution in [0.4, 0.5) is 5.69 Å². The number of rotatable bonds is 8. The first-order chi connectivity index (χ1) is 13.6. The molecular weight excluding hydrogens is 420 g/mol.